The standard InChI is InChI=1S/C25H23BrClN7S/c26-15-2-1-14-10-25(22(28)16(14)9-15)4-7-34(8-5-25)24-17-11-30-13-33-21(17)19(12-32-24)35-18-3-6-31-23(29)20(18)27/h1-3,6,9,11-13,22H,4-5,7-8,10,28H2,(H2,29,31)/t22-/m1/s1. The van der Waals surface area contributed by atoms with Crippen LogP contribution in [0.3, 0.4) is 0 Å². The van der Waals surface area contributed by atoms with E-state index in [4.69, 9.17) is 28.1 Å². The van der Waals surface area contributed by atoms with Crippen LogP contribution >= 0.6 is 39.3 Å². The molecule has 4 heterocycles. The molecule has 1 spiro atoms. The summed E-state index contributed by atoms with van der Waals surface area (Å²) in [5.41, 5.74) is 16.3. The van der Waals surface area contributed by atoms with Crippen LogP contribution in [-0.4, -0.2) is 33.0 Å². The summed E-state index contributed by atoms with van der Waals surface area (Å²) in [6, 6.07) is 8.42. The number of rotatable bonds is 3. The number of halogens is 2. The number of benzene rings is 1. The van der Waals surface area contributed by atoms with Gasteiger partial charge in [0.2, 0.25) is 0 Å². The zero-order valence-corrected chi connectivity index (χ0v) is 21.9. The van der Waals surface area contributed by atoms with Crippen molar-refractivity contribution in [3.05, 3.63) is 69.8 Å². The molecule has 1 aliphatic heterocycles. The average Bonchev–Trinajstić information content (AvgIpc) is 3.13. The van der Waals surface area contributed by atoms with Crippen molar-refractivity contribution in [2.24, 2.45) is 11.1 Å². The Bertz CT molecular complexity index is 1440. The fraction of sp³-hybridized carbons (Fsp3) is 0.280. The first kappa shape index (κ1) is 23.0. The van der Waals surface area contributed by atoms with E-state index in [2.05, 4.69) is 54.0 Å². The fourth-order valence-electron chi connectivity index (χ4n) is 5.39. The molecule has 1 fully saturated rings. The number of hydrogen-bond donors (Lipinski definition) is 2. The van der Waals surface area contributed by atoms with Gasteiger partial charge >= 0.3 is 0 Å². The number of nitrogens with two attached hydrogens (primary N) is 2. The molecule has 0 bridgehead atoms. The minimum atomic E-state index is 0.0570. The molecule has 6 rings (SSSR count). The zero-order chi connectivity index (χ0) is 24.2. The first-order valence-electron chi connectivity index (χ1n) is 11.4. The Balaban J connectivity index is 1.27. The molecule has 10 heteroatoms. The van der Waals surface area contributed by atoms with Crippen LogP contribution in [0.4, 0.5) is 11.6 Å². The Morgan fingerprint density at radius 3 is 2.74 bits per heavy atom. The maximum atomic E-state index is 6.81. The molecule has 35 heavy (non-hydrogen) atoms. The van der Waals surface area contributed by atoms with E-state index in [0.717, 1.165) is 63.3 Å². The van der Waals surface area contributed by atoms with Crippen molar-refractivity contribution in [1.82, 2.24) is 19.9 Å². The number of nitrogens with zero attached hydrogens (tertiary/aromatic N) is 5. The largest absolute Gasteiger partial charge is 0.382 e. The lowest BCUT2D eigenvalue weighted by Gasteiger charge is -2.42. The van der Waals surface area contributed by atoms with Crippen molar-refractivity contribution in [3.8, 4) is 0 Å². The topological polar surface area (TPSA) is 107 Å². The van der Waals surface area contributed by atoms with Crippen LogP contribution in [0, 0.1) is 5.41 Å². The van der Waals surface area contributed by atoms with Crippen LogP contribution in [-0.2, 0) is 6.42 Å². The highest BCUT2D eigenvalue weighted by Gasteiger charge is 2.46. The third kappa shape index (κ3) is 3.94. The van der Waals surface area contributed by atoms with Gasteiger partial charge in [-0.25, -0.2) is 19.9 Å². The van der Waals surface area contributed by atoms with Gasteiger partial charge in [-0.05, 0) is 54.0 Å². The minimum absolute atomic E-state index is 0.0570. The van der Waals surface area contributed by atoms with Crippen LogP contribution in [0.1, 0.15) is 30.0 Å². The van der Waals surface area contributed by atoms with Gasteiger partial charge in [-0.1, -0.05) is 45.4 Å². The summed E-state index contributed by atoms with van der Waals surface area (Å²) in [4.78, 5) is 21.8. The third-order valence-electron chi connectivity index (χ3n) is 7.30. The molecule has 1 aliphatic carbocycles. The van der Waals surface area contributed by atoms with E-state index in [1.54, 1.807) is 12.5 Å². The van der Waals surface area contributed by atoms with Crippen LogP contribution in [0.2, 0.25) is 5.02 Å². The monoisotopic (exact) mass is 567 g/mol. The molecule has 1 saturated heterocycles. The third-order valence-corrected chi connectivity index (χ3v) is 9.38. The normalized spacial score (nSPS) is 18.8. The molecular formula is C25H23BrClN7S. The van der Waals surface area contributed by atoms with Gasteiger partial charge in [0, 0.05) is 47.1 Å². The molecule has 2 aliphatic rings. The van der Waals surface area contributed by atoms with Crippen molar-refractivity contribution in [3.63, 3.8) is 0 Å². The van der Waals surface area contributed by atoms with E-state index >= 15 is 0 Å². The highest BCUT2D eigenvalue weighted by atomic mass is 79.9. The van der Waals surface area contributed by atoms with Gasteiger partial charge < -0.3 is 16.4 Å². The second-order valence-electron chi connectivity index (χ2n) is 9.19. The van der Waals surface area contributed by atoms with E-state index in [-0.39, 0.29) is 11.5 Å². The molecule has 0 radical (unpaired) electrons. The summed E-state index contributed by atoms with van der Waals surface area (Å²) >= 11 is 11.5. The molecule has 7 nitrogen and oxygen atoms in total. The summed E-state index contributed by atoms with van der Waals surface area (Å²) < 4.78 is 1.09. The van der Waals surface area contributed by atoms with Crippen molar-refractivity contribution in [1.29, 1.82) is 0 Å². The predicted molar refractivity (Wildman–Crippen MR) is 144 cm³/mol. The number of hydrogen-bond acceptors (Lipinski definition) is 8. The second-order valence-corrected chi connectivity index (χ2v) is 11.6. The number of aromatic nitrogens is 4. The van der Waals surface area contributed by atoms with Crippen LogP contribution < -0.4 is 16.4 Å². The van der Waals surface area contributed by atoms with Gasteiger partial charge in [-0.15, -0.1) is 0 Å². The maximum Gasteiger partial charge on any atom is 0.143 e. The molecule has 0 amide bonds. The van der Waals surface area contributed by atoms with E-state index in [1.165, 1.54) is 22.9 Å². The highest BCUT2D eigenvalue weighted by Crippen LogP contribution is 2.52. The van der Waals surface area contributed by atoms with Crippen LogP contribution in [0.15, 0.2) is 63.4 Å². The Hall–Kier alpha value is -2.46. The van der Waals surface area contributed by atoms with E-state index in [1.807, 2.05) is 18.5 Å². The van der Waals surface area contributed by atoms with Gasteiger partial charge in [-0.2, -0.15) is 0 Å². The van der Waals surface area contributed by atoms with Crippen molar-refractivity contribution >= 4 is 61.8 Å². The van der Waals surface area contributed by atoms with Crippen molar-refractivity contribution < 1.29 is 0 Å². The summed E-state index contributed by atoms with van der Waals surface area (Å²) in [7, 11) is 0. The van der Waals surface area contributed by atoms with E-state index in [9.17, 15) is 0 Å². The Morgan fingerprint density at radius 1 is 1.09 bits per heavy atom. The highest BCUT2D eigenvalue weighted by molar-refractivity contribution is 9.10. The minimum Gasteiger partial charge on any atom is -0.382 e. The molecule has 1 atom stereocenters. The zero-order valence-electron chi connectivity index (χ0n) is 18.8. The molecule has 0 unspecified atom stereocenters. The van der Waals surface area contributed by atoms with Gasteiger partial charge in [0.25, 0.3) is 0 Å². The van der Waals surface area contributed by atoms with E-state index < -0.39 is 0 Å². The lowest BCUT2D eigenvalue weighted by molar-refractivity contribution is 0.187. The summed E-state index contributed by atoms with van der Waals surface area (Å²) in [5.74, 6) is 1.22. The number of anilines is 2. The van der Waals surface area contributed by atoms with Crippen LogP contribution in [0.5, 0.6) is 0 Å². The number of piperidine rings is 1. The fourth-order valence-corrected chi connectivity index (χ4v) is 6.92. The molecule has 3 aromatic heterocycles. The van der Waals surface area contributed by atoms with Crippen molar-refractivity contribution in [2.45, 2.75) is 35.1 Å². The van der Waals surface area contributed by atoms with Gasteiger partial charge in [0.1, 0.15) is 18.0 Å². The van der Waals surface area contributed by atoms with Crippen molar-refractivity contribution in [2.75, 3.05) is 23.7 Å². The summed E-state index contributed by atoms with van der Waals surface area (Å²) in [6.45, 7) is 1.78. The van der Waals surface area contributed by atoms with E-state index in [0.29, 0.717) is 10.8 Å². The first-order valence-corrected chi connectivity index (χ1v) is 13.4. The van der Waals surface area contributed by atoms with Gasteiger partial charge in [0.15, 0.2) is 0 Å². The molecular weight excluding hydrogens is 546 g/mol. The number of pyridine rings is 2. The summed E-state index contributed by atoms with van der Waals surface area (Å²) in [6.07, 6.45) is 9.98. The Labute approximate surface area is 220 Å². The Kier molecular flexibility index (Phi) is 5.83. The SMILES string of the molecule is Nc1nccc(Sc2cnc(N3CCC4(CC3)Cc3ccc(Br)cc3[C@H]4N)c3cncnc23)c1Cl. The number of fused-ring (bicyclic) bond motifs is 2. The molecule has 0 saturated carbocycles. The lowest BCUT2D eigenvalue weighted by Crippen LogP contribution is -2.44. The van der Waals surface area contributed by atoms with Crippen LogP contribution in [0.25, 0.3) is 10.9 Å². The second kappa shape index (κ2) is 8.89. The molecule has 1 aromatic carbocycles. The molecule has 4 N–H and O–H groups in total. The average molecular weight is 569 g/mol. The number of nitrogen functional groups attached to an aromatic ring is 1. The quantitative estimate of drug-likeness (QED) is 0.338. The summed E-state index contributed by atoms with van der Waals surface area (Å²) in [5, 5.41) is 1.36. The molecule has 178 valence electrons. The lowest BCUT2D eigenvalue weighted by atomic mass is 9.73. The Morgan fingerprint density at radius 2 is 1.91 bits per heavy atom. The maximum absolute atomic E-state index is 6.81. The molecule has 4 aromatic rings. The van der Waals surface area contributed by atoms with Gasteiger partial charge in [0.05, 0.1) is 20.8 Å². The first-order chi connectivity index (χ1) is 16.9. The van der Waals surface area contributed by atoms with Gasteiger partial charge in [-0.3, -0.25) is 0 Å². The smallest absolute Gasteiger partial charge is 0.143 e. The predicted octanol–water partition coefficient (Wildman–Crippen LogP) is 5.41.